The Morgan fingerprint density at radius 2 is 2.00 bits per heavy atom. The van der Waals surface area contributed by atoms with Gasteiger partial charge in [-0.1, -0.05) is 0 Å². The summed E-state index contributed by atoms with van der Waals surface area (Å²) in [6.07, 6.45) is -1.73. The number of aliphatic hydroxyl groups excluding tert-OH is 1. The molecule has 0 aliphatic carbocycles. The van der Waals surface area contributed by atoms with Gasteiger partial charge in [0.05, 0.1) is 13.2 Å². The first-order valence-electron chi connectivity index (χ1n) is 5.98. The number of amides is 3. The number of imide groups is 1. The quantitative estimate of drug-likeness (QED) is 0.736. The molecule has 0 fully saturated rings. The molecule has 0 aromatic heterocycles. The summed E-state index contributed by atoms with van der Waals surface area (Å²) in [5.41, 5.74) is 5.37. The smallest absolute Gasteiger partial charge is 0.318 e. The summed E-state index contributed by atoms with van der Waals surface area (Å²) < 4.78 is 10.5. The van der Waals surface area contributed by atoms with Crippen LogP contribution in [0.2, 0.25) is 0 Å². The summed E-state index contributed by atoms with van der Waals surface area (Å²) in [6.45, 7) is 3.03. The van der Waals surface area contributed by atoms with E-state index >= 15 is 0 Å². The third-order valence-electron chi connectivity index (χ3n) is 2.59. The van der Waals surface area contributed by atoms with Crippen molar-refractivity contribution in [2.75, 3.05) is 7.11 Å². The van der Waals surface area contributed by atoms with Gasteiger partial charge in [-0.15, -0.1) is 0 Å². The molecule has 2 atom stereocenters. The van der Waals surface area contributed by atoms with Gasteiger partial charge in [0, 0.05) is 11.6 Å². The predicted molar refractivity (Wildman–Crippen MR) is 71.4 cm³/mol. The van der Waals surface area contributed by atoms with Gasteiger partial charge in [0.2, 0.25) is 0 Å². The fourth-order valence-corrected chi connectivity index (χ4v) is 1.56. The molecular weight excluding hydrogens is 264 g/mol. The highest BCUT2D eigenvalue weighted by molar-refractivity contribution is 5.95. The Kier molecular flexibility index (Phi) is 5.33. The number of nitrogens with two attached hydrogens (primary N) is 1. The molecule has 0 heterocycles. The molecule has 0 saturated heterocycles. The Hall–Kier alpha value is -2.28. The van der Waals surface area contributed by atoms with Gasteiger partial charge >= 0.3 is 6.03 Å². The third kappa shape index (κ3) is 4.13. The summed E-state index contributed by atoms with van der Waals surface area (Å²) in [7, 11) is 1.49. The number of hydrogen-bond donors (Lipinski definition) is 3. The highest BCUT2D eigenvalue weighted by Crippen LogP contribution is 2.30. The van der Waals surface area contributed by atoms with Crippen LogP contribution in [0.25, 0.3) is 0 Å². The molecule has 7 heteroatoms. The van der Waals surface area contributed by atoms with E-state index in [0.29, 0.717) is 17.1 Å². The van der Waals surface area contributed by atoms with Crippen LogP contribution in [0.5, 0.6) is 11.5 Å². The van der Waals surface area contributed by atoms with Gasteiger partial charge in [-0.2, -0.15) is 0 Å². The lowest BCUT2D eigenvalue weighted by atomic mass is 10.1. The maximum Gasteiger partial charge on any atom is 0.318 e. The van der Waals surface area contributed by atoms with E-state index in [1.807, 2.05) is 5.32 Å². The molecule has 1 aromatic rings. The molecule has 0 bridgehead atoms. The zero-order valence-electron chi connectivity index (χ0n) is 11.5. The first-order valence-corrected chi connectivity index (χ1v) is 5.98. The lowest BCUT2D eigenvalue weighted by Crippen LogP contribution is -2.42. The Labute approximate surface area is 116 Å². The first kappa shape index (κ1) is 15.8. The maximum atomic E-state index is 11.6. The maximum absolute atomic E-state index is 11.6. The second kappa shape index (κ2) is 6.76. The number of methoxy groups -OCH3 is 1. The van der Waals surface area contributed by atoms with Crippen molar-refractivity contribution in [3.63, 3.8) is 0 Å². The molecule has 0 saturated carbocycles. The van der Waals surface area contributed by atoms with Crippen molar-refractivity contribution >= 4 is 11.9 Å². The zero-order chi connectivity index (χ0) is 15.3. The normalized spacial score (nSPS) is 13.2. The molecule has 3 amide bonds. The topological polar surface area (TPSA) is 111 Å². The van der Waals surface area contributed by atoms with Gasteiger partial charge in [0.1, 0.15) is 11.5 Å². The highest BCUT2D eigenvalue weighted by atomic mass is 16.5. The lowest BCUT2D eigenvalue weighted by Gasteiger charge is -2.18. The molecule has 4 N–H and O–H groups in total. The number of carbonyl (C=O) groups is 2. The van der Waals surface area contributed by atoms with Crippen molar-refractivity contribution in [2.24, 2.45) is 5.73 Å². The predicted octanol–water partition coefficient (Wildman–Crippen LogP) is 0.711. The van der Waals surface area contributed by atoms with Crippen LogP contribution >= 0.6 is 0 Å². The average Bonchev–Trinajstić information content (AvgIpc) is 2.37. The number of rotatable bonds is 5. The highest BCUT2D eigenvalue weighted by Gasteiger charge is 2.19. The van der Waals surface area contributed by atoms with Crippen LogP contribution in [-0.4, -0.2) is 30.3 Å². The number of nitrogens with one attached hydrogen (secondary N) is 1. The standard InChI is InChI=1S/C13H18N2O5/c1-7(16)10-5-4-9(19-3)6-11(10)20-8(2)12(17)15-13(14)18/h4-8,16H,1-3H3,(H3,14,15,17,18)/t7-,8?/m0/s1. The number of primary amides is 1. The van der Waals surface area contributed by atoms with Gasteiger partial charge in [0.25, 0.3) is 5.91 Å². The van der Waals surface area contributed by atoms with Crippen molar-refractivity contribution in [1.82, 2.24) is 5.32 Å². The number of ether oxygens (including phenoxy) is 2. The minimum atomic E-state index is -0.952. The van der Waals surface area contributed by atoms with E-state index in [2.05, 4.69) is 0 Å². The zero-order valence-corrected chi connectivity index (χ0v) is 11.5. The number of benzene rings is 1. The van der Waals surface area contributed by atoms with Gasteiger partial charge in [-0.05, 0) is 26.0 Å². The fraction of sp³-hybridized carbons (Fsp3) is 0.385. The molecule has 110 valence electrons. The van der Waals surface area contributed by atoms with Crippen molar-refractivity contribution in [2.45, 2.75) is 26.1 Å². The minimum absolute atomic E-state index is 0.298. The summed E-state index contributed by atoms with van der Waals surface area (Å²) in [5, 5.41) is 11.6. The van der Waals surface area contributed by atoms with E-state index in [-0.39, 0.29) is 0 Å². The van der Waals surface area contributed by atoms with Crippen LogP contribution < -0.4 is 20.5 Å². The molecule has 1 unspecified atom stereocenters. The largest absolute Gasteiger partial charge is 0.497 e. The molecular formula is C13H18N2O5. The Balaban J connectivity index is 2.94. The van der Waals surface area contributed by atoms with Crippen LogP contribution in [-0.2, 0) is 4.79 Å². The van der Waals surface area contributed by atoms with E-state index in [1.54, 1.807) is 25.1 Å². The van der Waals surface area contributed by atoms with E-state index in [0.717, 1.165) is 0 Å². The second-order valence-electron chi connectivity index (χ2n) is 4.19. The number of hydrogen-bond acceptors (Lipinski definition) is 5. The second-order valence-corrected chi connectivity index (χ2v) is 4.19. The van der Waals surface area contributed by atoms with Crippen LogP contribution in [0.4, 0.5) is 4.79 Å². The van der Waals surface area contributed by atoms with E-state index in [4.69, 9.17) is 15.2 Å². The van der Waals surface area contributed by atoms with Crippen molar-refractivity contribution in [1.29, 1.82) is 0 Å². The number of urea groups is 1. The van der Waals surface area contributed by atoms with Gasteiger partial charge in [-0.25, -0.2) is 4.79 Å². The Bertz CT molecular complexity index is 502. The lowest BCUT2D eigenvalue weighted by molar-refractivity contribution is -0.126. The first-order chi connectivity index (χ1) is 9.35. The Morgan fingerprint density at radius 3 is 2.50 bits per heavy atom. The van der Waals surface area contributed by atoms with E-state index in [9.17, 15) is 14.7 Å². The molecule has 0 aliphatic rings. The minimum Gasteiger partial charge on any atom is -0.497 e. The van der Waals surface area contributed by atoms with Gasteiger partial charge < -0.3 is 20.3 Å². The SMILES string of the molecule is COc1ccc([C@H](C)O)c(OC(C)C(=O)NC(N)=O)c1. The van der Waals surface area contributed by atoms with Crippen molar-refractivity contribution in [3.8, 4) is 11.5 Å². The van der Waals surface area contributed by atoms with Crippen LogP contribution in [0.3, 0.4) is 0 Å². The summed E-state index contributed by atoms with van der Waals surface area (Å²) in [5.74, 6) is 0.148. The van der Waals surface area contributed by atoms with Gasteiger partial charge in [-0.3, -0.25) is 10.1 Å². The van der Waals surface area contributed by atoms with Crippen LogP contribution in [0.1, 0.15) is 25.5 Å². The number of carbonyl (C=O) groups excluding carboxylic acids is 2. The fourth-order valence-electron chi connectivity index (χ4n) is 1.56. The third-order valence-corrected chi connectivity index (χ3v) is 2.59. The van der Waals surface area contributed by atoms with Crippen molar-refractivity contribution < 1.29 is 24.2 Å². The van der Waals surface area contributed by atoms with Gasteiger partial charge in [0.15, 0.2) is 6.10 Å². The van der Waals surface area contributed by atoms with Crippen LogP contribution in [0.15, 0.2) is 18.2 Å². The molecule has 0 radical (unpaired) electrons. The molecule has 20 heavy (non-hydrogen) atoms. The average molecular weight is 282 g/mol. The Morgan fingerprint density at radius 1 is 1.35 bits per heavy atom. The van der Waals surface area contributed by atoms with Crippen LogP contribution in [0, 0.1) is 0 Å². The molecule has 7 nitrogen and oxygen atoms in total. The monoisotopic (exact) mass is 282 g/mol. The molecule has 0 spiro atoms. The van der Waals surface area contributed by atoms with E-state index < -0.39 is 24.1 Å². The molecule has 1 aromatic carbocycles. The summed E-state index contributed by atoms with van der Waals surface area (Å²) in [6, 6.07) is 3.91. The summed E-state index contributed by atoms with van der Waals surface area (Å²) in [4.78, 5) is 22.2. The molecule has 0 aliphatic heterocycles. The number of aliphatic hydroxyl groups is 1. The summed E-state index contributed by atoms with van der Waals surface area (Å²) >= 11 is 0. The van der Waals surface area contributed by atoms with Crippen molar-refractivity contribution in [3.05, 3.63) is 23.8 Å². The molecule has 1 rings (SSSR count). The van der Waals surface area contributed by atoms with E-state index in [1.165, 1.54) is 14.0 Å².